The Hall–Kier alpha value is -3.52. The standard InChI is InChI=1S/C24H24N2O5S/c1-17(2)30-21-14-8-6-12-19(21)25-24(27)23-16-26(20-13-7-9-15-22(20)31-23)32(28,29)18-10-4-3-5-11-18/h3-15,17,23H,16H2,1-2H3,(H,25,27). The fraction of sp³-hybridized carbons (Fsp3) is 0.208. The summed E-state index contributed by atoms with van der Waals surface area (Å²) in [6.07, 6.45) is -1.12. The Kier molecular flexibility index (Phi) is 6.05. The number of rotatable bonds is 6. The molecule has 1 amide bonds. The number of amides is 1. The lowest BCUT2D eigenvalue weighted by Gasteiger charge is -2.34. The van der Waals surface area contributed by atoms with Crippen LogP contribution in [-0.2, 0) is 14.8 Å². The molecule has 3 aromatic rings. The van der Waals surface area contributed by atoms with E-state index in [4.69, 9.17) is 9.47 Å². The largest absolute Gasteiger partial charge is 0.489 e. The van der Waals surface area contributed by atoms with Crippen molar-refractivity contribution >= 4 is 27.3 Å². The second-order valence-electron chi connectivity index (χ2n) is 7.58. The number of para-hydroxylation sites is 4. The van der Waals surface area contributed by atoms with Gasteiger partial charge in [0.1, 0.15) is 11.5 Å². The van der Waals surface area contributed by atoms with Gasteiger partial charge in [-0.25, -0.2) is 8.42 Å². The molecule has 166 valence electrons. The number of carbonyl (C=O) groups is 1. The average Bonchev–Trinajstić information content (AvgIpc) is 2.79. The minimum atomic E-state index is -3.89. The number of anilines is 2. The highest BCUT2D eigenvalue weighted by molar-refractivity contribution is 7.92. The molecule has 1 atom stereocenters. The molecule has 1 unspecified atom stereocenters. The minimum absolute atomic E-state index is 0.0719. The molecule has 0 bridgehead atoms. The molecular weight excluding hydrogens is 428 g/mol. The Morgan fingerprint density at radius 2 is 1.66 bits per heavy atom. The lowest BCUT2D eigenvalue weighted by Crippen LogP contribution is -2.48. The maximum atomic E-state index is 13.4. The third kappa shape index (κ3) is 4.40. The monoisotopic (exact) mass is 452 g/mol. The van der Waals surface area contributed by atoms with Crippen LogP contribution in [0.15, 0.2) is 83.8 Å². The van der Waals surface area contributed by atoms with Crippen LogP contribution in [0, 0.1) is 0 Å². The smallest absolute Gasteiger partial charge is 0.267 e. The van der Waals surface area contributed by atoms with Crippen molar-refractivity contribution in [3.8, 4) is 11.5 Å². The maximum absolute atomic E-state index is 13.4. The number of fused-ring (bicyclic) bond motifs is 1. The van der Waals surface area contributed by atoms with Gasteiger partial charge < -0.3 is 14.8 Å². The van der Waals surface area contributed by atoms with E-state index in [1.165, 1.54) is 16.4 Å². The summed E-state index contributed by atoms with van der Waals surface area (Å²) >= 11 is 0. The van der Waals surface area contributed by atoms with Gasteiger partial charge in [-0.15, -0.1) is 0 Å². The highest BCUT2D eigenvalue weighted by atomic mass is 32.2. The number of hydrogen-bond acceptors (Lipinski definition) is 5. The summed E-state index contributed by atoms with van der Waals surface area (Å²) < 4.78 is 39.6. The molecule has 3 aromatic carbocycles. The summed E-state index contributed by atoms with van der Waals surface area (Å²) in [5, 5.41) is 2.82. The molecule has 7 nitrogen and oxygen atoms in total. The van der Waals surface area contributed by atoms with Crippen LogP contribution in [0.5, 0.6) is 11.5 Å². The van der Waals surface area contributed by atoms with Gasteiger partial charge in [0.2, 0.25) is 0 Å². The Labute approximate surface area is 187 Å². The van der Waals surface area contributed by atoms with Gasteiger partial charge in [0.05, 0.1) is 28.9 Å². The highest BCUT2D eigenvalue weighted by Gasteiger charge is 2.37. The van der Waals surface area contributed by atoms with Crippen LogP contribution >= 0.6 is 0 Å². The molecular formula is C24H24N2O5S. The summed E-state index contributed by atoms with van der Waals surface area (Å²) in [7, 11) is -3.89. The Balaban J connectivity index is 1.64. The van der Waals surface area contributed by atoms with E-state index in [0.717, 1.165) is 0 Å². The average molecular weight is 453 g/mol. The lowest BCUT2D eigenvalue weighted by atomic mass is 10.2. The number of hydrogen-bond donors (Lipinski definition) is 1. The molecule has 32 heavy (non-hydrogen) atoms. The highest BCUT2D eigenvalue weighted by Crippen LogP contribution is 2.37. The second-order valence-corrected chi connectivity index (χ2v) is 9.44. The van der Waals surface area contributed by atoms with Gasteiger partial charge in [0, 0.05) is 0 Å². The van der Waals surface area contributed by atoms with Crippen LogP contribution in [0.2, 0.25) is 0 Å². The molecule has 8 heteroatoms. The second kappa shape index (κ2) is 8.92. The zero-order chi connectivity index (χ0) is 22.7. The van der Waals surface area contributed by atoms with E-state index in [2.05, 4.69) is 5.32 Å². The van der Waals surface area contributed by atoms with Crippen molar-refractivity contribution in [2.24, 2.45) is 0 Å². The normalized spacial score (nSPS) is 15.6. The molecule has 1 heterocycles. The Morgan fingerprint density at radius 3 is 2.41 bits per heavy atom. The number of benzene rings is 3. The van der Waals surface area contributed by atoms with Crippen molar-refractivity contribution in [1.82, 2.24) is 0 Å². The third-order valence-electron chi connectivity index (χ3n) is 4.87. The molecule has 1 aliphatic heterocycles. The van der Waals surface area contributed by atoms with Crippen molar-refractivity contribution in [1.29, 1.82) is 0 Å². The van der Waals surface area contributed by atoms with Crippen molar-refractivity contribution in [2.45, 2.75) is 31.0 Å². The Bertz CT molecular complexity index is 1210. The molecule has 1 aliphatic rings. The number of carbonyl (C=O) groups excluding carboxylic acids is 1. The van der Waals surface area contributed by atoms with Crippen molar-refractivity contribution in [3.05, 3.63) is 78.9 Å². The number of sulfonamides is 1. The van der Waals surface area contributed by atoms with Gasteiger partial charge in [0.15, 0.2) is 6.10 Å². The molecule has 1 N–H and O–H groups in total. The van der Waals surface area contributed by atoms with Crippen LogP contribution in [0.25, 0.3) is 0 Å². The van der Waals surface area contributed by atoms with E-state index < -0.39 is 22.0 Å². The van der Waals surface area contributed by atoms with Gasteiger partial charge >= 0.3 is 0 Å². The van der Waals surface area contributed by atoms with Crippen LogP contribution in [-0.4, -0.2) is 33.1 Å². The summed E-state index contributed by atoms with van der Waals surface area (Å²) in [6.45, 7) is 3.63. The third-order valence-corrected chi connectivity index (χ3v) is 6.66. The van der Waals surface area contributed by atoms with Crippen LogP contribution < -0.4 is 19.1 Å². The molecule has 4 rings (SSSR count). The van der Waals surface area contributed by atoms with Crippen LogP contribution in [0.1, 0.15) is 13.8 Å². The van der Waals surface area contributed by atoms with Gasteiger partial charge in [-0.05, 0) is 50.2 Å². The van der Waals surface area contributed by atoms with Gasteiger partial charge in [-0.3, -0.25) is 9.10 Å². The van der Waals surface area contributed by atoms with Gasteiger partial charge in [-0.1, -0.05) is 42.5 Å². The maximum Gasteiger partial charge on any atom is 0.267 e. The number of nitrogens with one attached hydrogen (secondary N) is 1. The molecule has 0 fully saturated rings. The van der Waals surface area contributed by atoms with Crippen molar-refractivity contribution in [2.75, 3.05) is 16.2 Å². The van der Waals surface area contributed by atoms with Crippen molar-refractivity contribution in [3.63, 3.8) is 0 Å². The van der Waals surface area contributed by atoms with E-state index in [-0.39, 0.29) is 17.5 Å². The first-order chi connectivity index (χ1) is 15.4. The number of ether oxygens (including phenoxy) is 2. The molecule has 0 spiro atoms. The summed E-state index contributed by atoms with van der Waals surface area (Å²) in [5.74, 6) is 0.388. The van der Waals surface area contributed by atoms with E-state index in [9.17, 15) is 13.2 Å². The van der Waals surface area contributed by atoms with E-state index in [0.29, 0.717) is 22.9 Å². The first-order valence-electron chi connectivity index (χ1n) is 10.3. The van der Waals surface area contributed by atoms with E-state index >= 15 is 0 Å². The van der Waals surface area contributed by atoms with Gasteiger partial charge in [0.25, 0.3) is 15.9 Å². The molecule has 0 saturated carbocycles. The van der Waals surface area contributed by atoms with Crippen LogP contribution in [0.3, 0.4) is 0 Å². The first-order valence-corrected chi connectivity index (χ1v) is 11.7. The fourth-order valence-corrected chi connectivity index (χ4v) is 4.92. The fourth-order valence-electron chi connectivity index (χ4n) is 3.43. The summed E-state index contributed by atoms with van der Waals surface area (Å²) in [4.78, 5) is 13.3. The molecule has 0 aromatic heterocycles. The quantitative estimate of drug-likeness (QED) is 0.610. The summed E-state index contributed by atoms with van der Waals surface area (Å²) in [6, 6.07) is 22.0. The van der Waals surface area contributed by atoms with E-state index in [1.807, 2.05) is 19.9 Å². The van der Waals surface area contributed by atoms with Crippen LogP contribution in [0.4, 0.5) is 11.4 Å². The minimum Gasteiger partial charge on any atom is -0.489 e. The molecule has 0 saturated heterocycles. The molecule has 0 aliphatic carbocycles. The zero-order valence-corrected chi connectivity index (χ0v) is 18.6. The van der Waals surface area contributed by atoms with Gasteiger partial charge in [-0.2, -0.15) is 0 Å². The zero-order valence-electron chi connectivity index (χ0n) is 17.8. The topological polar surface area (TPSA) is 84.9 Å². The van der Waals surface area contributed by atoms with E-state index in [1.54, 1.807) is 60.7 Å². The predicted octanol–water partition coefficient (Wildman–Crippen LogP) is 4.07. The SMILES string of the molecule is CC(C)Oc1ccccc1NC(=O)C1CN(S(=O)(=O)c2ccccc2)c2ccccc2O1. The molecule has 0 radical (unpaired) electrons. The lowest BCUT2D eigenvalue weighted by molar-refractivity contribution is -0.122. The first kappa shape index (κ1) is 21.7. The Morgan fingerprint density at radius 1 is 1.00 bits per heavy atom. The van der Waals surface area contributed by atoms with Crippen molar-refractivity contribution < 1.29 is 22.7 Å². The summed E-state index contributed by atoms with van der Waals surface area (Å²) in [5.41, 5.74) is 0.884. The predicted molar refractivity (Wildman–Crippen MR) is 123 cm³/mol. The number of nitrogens with zero attached hydrogens (tertiary/aromatic N) is 1.